The van der Waals surface area contributed by atoms with Gasteiger partial charge in [-0.25, -0.2) is 14.6 Å². The quantitative estimate of drug-likeness (QED) is 0.274. The lowest BCUT2D eigenvalue weighted by molar-refractivity contribution is -0.384. The van der Waals surface area contributed by atoms with Gasteiger partial charge in [0.25, 0.3) is 11.6 Å². The predicted molar refractivity (Wildman–Crippen MR) is 125 cm³/mol. The highest BCUT2D eigenvalue weighted by Crippen LogP contribution is 2.31. The van der Waals surface area contributed by atoms with Gasteiger partial charge < -0.3 is 20.5 Å². The Labute approximate surface area is 197 Å². The normalized spacial score (nSPS) is 10.4. The highest BCUT2D eigenvalue weighted by Gasteiger charge is 2.21. The number of ether oxygens (including phenoxy) is 2. The van der Waals surface area contributed by atoms with E-state index in [1.54, 1.807) is 13.8 Å². The third-order valence-corrected chi connectivity index (χ3v) is 5.30. The van der Waals surface area contributed by atoms with E-state index in [1.807, 2.05) is 0 Å². The van der Waals surface area contributed by atoms with Gasteiger partial charge in [-0.05, 0) is 44.2 Å². The van der Waals surface area contributed by atoms with Crippen LogP contribution in [-0.2, 0) is 9.47 Å². The second kappa shape index (κ2) is 10.5. The second-order valence-corrected chi connectivity index (χ2v) is 7.76. The maximum absolute atomic E-state index is 13.1. The summed E-state index contributed by atoms with van der Waals surface area (Å²) in [6.45, 7) is 3.54. The van der Waals surface area contributed by atoms with E-state index in [9.17, 15) is 24.5 Å². The van der Waals surface area contributed by atoms with Gasteiger partial charge in [-0.2, -0.15) is 0 Å². The van der Waals surface area contributed by atoms with Crippen molar-refractivity contribution >= 4 is 45.7 Å². The molecule has 0 atom stereocenters. The number of nitrogen functional groups attached to an aromatic ring is 1. The number of benzene rings is 2. The fourth-order valence-electron chi connectivity index (χ4n) is 2.98. The van der Waals surface area contributed by atoms with Gasteiger partial charge in [0.2, 0.25) is 0 Å². The summed E-state index contributed by atoms with van der Waals surface area (Å²) in [5, 5.41) is 13.7. The standard InChI is InChI=1S/C22H20N4O7S/c1-3-32-20(28)13-9-14(21(29)33-4-2)11-15(10-13)24-19(27)18-17(25-22(23)34-18)12-5-7-16(8-6-12)26(30)31/h5-11H,3-4H2,1-2H3,(H2,23,25)(H,24,27). The van der Waals surface area contributed by atoms with Gasteiger partial charge in [0, 0.05) is 23.4 Å². The summed E-state index contributed by atoms with van der Waals surface area (Å²) >= 11 is 0.922. The number of anilines is 2. The zero-order valence-corrected chi connectivity index (χ0v) is 19.0. The molecule has 11 nitrogen and oxygen atoms in total. The Morgan fingerprint density at radius 1 is 1.03 bits per heavy atom. The maximum Gasteiger partial charge on any atom is 0.338 e. The Hall–Kier alpha value is -4.32. The minimum absolute atomic E-state index is 0.0575. The molecule has 0 bridgehead atoms. The van der Waals surface area contributed by atoms with Gasteiger partial charge in [0.15, 0.2) is 5.13 Å². The van der Waals surface area contributed by atoms with Crippen molar-refractivity contribution in [2.24, 2.45) is 0 Å². The van der Waals surface area contributed by atoms with Crippen molar-refractivity contribution in [2.45, 2.75) is 13.8 Å². The fraction of sp³-hybridized carbons (Fsp3) is 0.182. The number of nitro benzene ring substituents is 1. The lowest BCUT2D eigenvalue weighted by atomic mass is 10.1. The summed E-state index contributed by atoms with van der Waals surface area (Å²) in [6, 6.07) is 9.57. The van der Waals surface area contributed by atoms with Crippen LogP contribution in [0.3, 0.4) is 0 Å². The Bertz CT molecular complexity index is 1220. The summed E-state index contributed by atoms with van der Waals surface area (Å²) in [6.07, 6.45) is 0. The molecular weight excluding hydrogens is 464 g/mol. The molecule has 3 N–H and O–H groups in total. The van der Waals surface area contributed by atoms with Crippen LogP contribution in [-0.4, -0.2) is 41.0 Å². The van der Waals surface area contributed by atoms with Crippen LogP contribution in [0.1, 0.15) is 44.2 Å². The number of non-ortho nitro benzene ring substituents is 1. The van der Waals surface area contributed by atoms with Crippen molar-refractivity contribution in [1.82, 2.24) is 4.98 Å². The van der Waals surface area contributed by atoms with Crippen LogP contribution in [0, 0.1) is 10.1 Å². The summed E-state index contributed by atoms with van der Waals surface area (Å²) in [5.41, 5.74) is 6.67. The molecule has 1 heterocycles. The van der Waals surface area contributed by atoms with E-state index in [-0.39, 0.29) is 51.4 Å². The van der Waals surface area contributed by atoms with Crippen LogP contribution in [0.4, 0.5) is 16.5 Å². The lowest BCUT2D eigenvalue weighted by Gasteiger charge is -2.10. The fourth-order valence-corrected chi connectivity index (χ4v) is 3.73. The molecule has 0 spiro atoms. The number of carbonyl (C=O) groups excluding carboxylic acids is 3. The molecule has 176 valence electrons. The maximum atomic E-state index is 13.1. The minimum Gasteiger partial charge on any atom is -0.462 e. The number of rotatable bonds is 8. The molecule has 0 aliphatic carbocycles. The van der Waals surface area contributed by atoms with Crippen LogP contribution < -0.4 is 11.1 Å². The van der Waals surface area contributed by atoms with Crippen molar-refractivity contribution in [3.05, 3.63) is 68.6 Å². The number of esters is 2. The van der Waals surface area contributed by atoms with Crippen molar-refractivity contribution < 1.29 is 28.8 Å². The van der Waals surface area contributed by atoms with Crippen LogP contribution in [0.15, 0.2) is 42.5 Å². The van der Waals surface area contributed by atoms with Crippen molar-refractivity contribution in [1.29, 1.82) is 0 Å². The van der Waals surface area contributed by atoms with Crippen LogP contribution >= 0.6 is 11.3 Å². The number of nitrogens with two attached hydrogens (primary N) is 1. The average molecular weight is 484 g/mol. The summed E-state index contributed by atoms with van der Waals surface area (Å²) in [5.74, 6) is -1.94. The van der Waals surface area contributed by atoms with Crippen LogP contribution in [0.25, 0.3) is 11.3 Å². The number of aromatic nitrogens is 1. The third-order valence-electron chi connectivity index (χ3n) is 4.41. The number of nitrogens with one attached hydrogen (secondary N) is 1. The zero-order chi connectivity index (χ0) is 24.8. The third kappa shape index (κ3) is 5.53. The summed E-state index contributed by atoms with van der Waals surface area (Å²) < 4.78 is 10.00. The van der Waals surface area contributed by atoms with Gasteiger partial charge >= 0.3 is 11.9 Å². The predicted octanol–water partition coefficient (Wildman–Crippen LogP) is 3.91. The van der Waals surface area contributed by atoms with Crippen molar-refractivity contribution in [3.63, 3.8) is 0 Å². The zero-order valence-electron chi connectivity index (χ0n) is 18.2. The van der Waals surface area contributed by atoms with E-state index in [1.165, 1.54) is 42.5 Å². The molecule has 0 radical (unpaired) electrons. The van der Waals surface area contributed by atoms with Gasteiger partial charge in [-0.3, -0.25) is 14.9 Å². The van der Waals surface area contributed by atoms with Crippen molar-refractivity contribution in [3.8, 4) is 11.3 Å². The van der Waals surface area contributed by atoms with E-state index in [4.69, 9.17) is 15.2 Å². The molecule has 0 aliphatic heterocycles. The number of thiazole rings is 1. The second-order valence-electron chi connectivity index (χ2n) is 6.73. The first-order chi connectivity index (χ1) is 16.2. The molecule has 3 aromatic rings. The molecule has 0 fully saturated rings. The van der Waals surface area contributed by atoms with E-state index < -0.39 is 22.8 Å². The molecule has 12 heteroatoms. The van der Waals surface area contributed by atoms with Crippen LogP contribution in [0.2, 0.25) is 0 Å². The van der Waals surface area contributed by atoms with Gasteiger partial charge in [-0.15, -0.1) is 0 Å². The van der Waals surface area contributed by atoms with E-state index in [0.717, 1.165) is 11.3 Å². The van der Waals surface area contributed by atoms with Gasteiger partial charge in [0.1, 0.15) is 4.88 Å². The largest absolute Gasteiger partial charge is 0.462 e. The highest BCUT2D eigenvalue weighted by atomic mass is 32.1. The molecule has 1 aromatic heterocycles. The monoisotopic (exact) mass is 484 g/mol. The first-order valence-corrected chi connectivity index (χ1v) is 10.9. The number of nitrogens with zero attached hydrogens (tertiary/aromatic N) is 2. The number of hydrogen-bond donors (Lipinski definition) is 2. The average Bonchev–Trinajstić information content (AvgIpc) is 3.21. The molecule has 1 amide bonds. The molecule has 3 rings (SSSR count). The topological polar surface area (TPSA) is 164 Å². The van der Waals surface area contributed by atoms with Gasteiger partial charge in [0.05, 0.1) is 35.0 Å². The van der Waals surface area contributed by atoms with Gasteiger partial charge in [-0.1, -0.05) is 11.3 Å². The number of nitro groups is 1. The summed E-state index contributed by atoms with van der Waals surface area (Å²) in [4.78, 5) is 52.2. The molecule has 0 unspecified atom stereocenters. The number of hydrogen-bond acceptors (Lipinski definition) is 10. The molecule has 0 saturated carbocycles. The molecular formula is C22H20N4O7S. The van der Waals surface area contributed by atoms with Crippen LogP contribution in [0.5, 0.6) is 0 Å². The molecule has 0 saturated heterocycles. The van der Waals surface area contributed by atoms with E-state index >= 15 is 0 Å². The Kier molecular flexibility index (Phi) is 7.53. The first kappa shape index (κ1) is 24.3. The molecule has 34 heavy (non-hydrogen) atoms. The summed E-state index contributed by atoms with van der Waals surface area (Å²) in [7, 11) is 0. The number of amides is 1. The number of carbonyl (C=O) groups is 3. The van der Waals surface area contributed by atoms with E-state index in [0.29, 0.717) is 5.56 Å². The first-order valence-electron chi connectivity index (χ1n) is 10.0. The lowest BCUT2D eigenvalue weighted by Crippen LogP contribution is -2.15. The minimum atomic E-state index is -0.669. The highest BCUT2D eigenvalue weighted by molar-refractivity contribution is 7.17. The molecule has 2 aromatic carbocycles. The Morgan fingerprint density at radius 3 is 2.09 bits per heavy atom. The SMILES string of the molecule is CCOC(=O)c1cc(NC(=O)c2sc(N)nc2-c2ccc([N+](=O)[O-])cc2)cc(C(=O)OCC)c1. The Morgan fingerprint density at radius 2 is 1.59 bits per heavy atom. The Balaban J connectivity index is 1.95. The smallest absolute Gasteiger partial charge is 0.338 e. The van der Waals surface area contributed by atoms with E-state index in [2.05, 4.69) is 10.3 Å². The van der Waals surface area contributed by atoms with Crippen molar-refractivity contribution in [2.75, 3.05) is 24.3 Å². The molecule has 0 aliphatic rings.